The summed E-state index contributed by atoms with van der Waals surface area (Å²) in [5, 5.41) is 128. The minimum absolute atomic E-state index is 0.0427. The quantitative estimate of drug-likeness (QED) is 0.0319. The molecule has 23 nitrogen and oxygen atoms in total. The van der Waals surface area contributed by atoms with Crippen LogP contribution in [0.15, 0.2) is 36.4 Å². The highest BCUT2D eigenvalue weighted by Gasteiger charge is 2.57. The van der Waals surface area contributed by atoms with Gasteiger partial charge in [-0.3, -0.25) is 19.3 Å². The first-order valence-electron chi connectivity index (χ1n) is 34.1. The van der Waals surface area contributed by atoms with Crippen LogP contribution in [0.1, 0.15) is 207 Å². The van der Waals surface area contributed by atoms with Gasteiger partial charge in [0.25, 0.3) is 0 Å². The van der Waals surface area contributed by atoms with Crippen LogP contribution in [0.5, 0.6) is 0 Å². The smallest absolute Gasteiger partial charge is 0.229 e. The fourth-order valence-corrected chi connectivity index (χ4v) is 12.3. The zero-order chi connectivity index (χ0) is 65.8. The maximum atomic E-state index is 14.1. The molecule has 2 amide bonds. The summed E-state index contributed by atoms with van der Waals surface area (Å²) >= 11 is 0. The number of benzene rings is 1. The van der Waals surface area contributed by atoms with Gasteiger partial charge in [-0.05, 0) is 37.9 Å². The SMILES string of the molecule is CCCCCCCCCCCCCCCC(=O)N[C@@H](CO[C@@H]1OC(CO)[C@@H](O[C@@H]2OC(CO)[C@H](O)C(O[C@]3(C=O)CC(O)[C@@H](NC(C)=O)C([C@H](O)[C@H](O)CO)O3)C2O)C(O)C1O)[C@H](O)C(/C=C/c1ccccc1)N(CCCCCCCC)CCCCCCCC. The number of aliphatic hydroxyl groups excluding tert-OH is 11. The van der Waals surface area contributed by atoms with Crippen molar-refractivity contribution < 1.29 is 99.0 Å². The van der Waals surface area contributed by atoms with E-state index in [1.54, 1.807) is 0 Å². The van der Waals surface area contributed by atoms with Gasteiger partial charge in [0.15, 0.2) is 18.9 Å². The van der Waals surface area contributed by atoms with E-state index in [-0.39, 0.29) is 18.6 Å². The summed E-state index contributed by atoms with van der Waals surface area (Å²) in [5.74, 6) is -3.66. The lowest BCUT2D eigenvalue weighted by Crippen LogP contribution is -2.69. The number of unbranched alkanes of at least 4 members (excludes halogenated alkanes) is 22. The highest BCUT2D eigenvalue weighted by atomic mass is 16.8. The first kappa shape index (κ1) is 79.3. The van der Waals surface area contributed by atoms with E-state index in [2.05, 4.69) is 36.3 Å². The molecule has 0 spiro atoms. The summed E-state index contributed by atoms with van der Waals surface area (Å²) in [6.45, 7) is 5.77. The average molecular weight is 1280 g/mol. The molecule has 4 rings (SSSR count). The van der Waals surface area contributed by atoms with Crippen LogP contribution in [0.25, 0.3) is 6.08 Å². The largest absolute Gasteiger partial charge is 0.394 e. The van der Waals surface area contributed by atoms with Gasteiger partial charge in [0.1, 0.15) is 67.1 Å². The summed E-state index contributed by atoms with van der Waals surface area (Å²) in [4.78, 5) is 41.4. The van der Waals surface area contributed by atoms with Crippen molar-refractivity contribution in [2.75, 3.05) is 39.5 Å². The van der Waals surface area contributed by atoms with Crippen molar-refractivity contribution in [3.8, 4) is 0 Å². The third-order valence-corrected chi connectivity index (χ3v) is 17.7. The number of rotatable bonds is 48. The maximum absolute atomic E-state index is 14.1. The molecule has 3 fully saturated rings. The molecule has 90 heavy (non-hydrogen) atoms. The molecule has 3 aliphatic heterocycles. The van der Waals surface area contributed by atoms with Crippen LogP contribution < -0.4 is 10.6 Å². The van der Waals surface area contributed by atoms with Gasteiger partial charge >= 0.3 is 0 Å². The molecule has 0 aliphatic carbocycles. The van der Waals surface area contributed by atoms with Gasteiger partial charge in [0.05, 0.1) is 56.8 Å². The fraction of sp³-hybridized carbons (Fsp3) is 0.836. The number of hydrogen-bond acceptors (Lipinski definition) is 21. The second-order valence-electron chi connectivity index (χ2n) is 25.2. The second kappa shape index (κ2) is 44.5. The Morgan fingerprint density at radius 2 is 1.19 bits per heavy atom. The summed E-state index contributed by atoms with van der Waals surface area (Å²) in [6, 6.07) is 6.53. The number of ether oxygens (including phenoxy) is 6. The molecular formula is C67H117N3O20. The molecule has 3 aliphatic rings. The molecule has 1 aromatic carbocycles. The number of carbonyl (C=O) groups excluding carboxylic acids is 3. The zero-order valence-electron chi connectivity index (χ0n) is 54.4. The van der Waals surface area contributed by atoms with E-state index in [0.717, 1.165) is 115 Å². The number of amides is 2. The van der Waals surface area contributed by atoms with Gasteiger partial charge in [-0.2, -0.15) is 0 Å². The topological polar surface area (TPSA) is 356 Å². The second-order valence-corrected chi connectivity index (χ2v) is 25.2. The Hall–Kier alpha value is -3.15. The predicted octanol–water partition coefficient (Wildman–Crippen LogP) is 4.35. The predicted molar refractivity (Wildman–Crippen MR) is 338 cm³/mol. The van der Waals surface area contributed by atoms with Crippen LogP contribution in [0, 0.1) is 0 Å². The molecular weight excluding hydrogens is 1170 g/mol. The molecule has 0 aromatic heterocycles. The van der Waals surface area contributed by atoms with Crippen molar-refractivity contribution in [1.82, 2.24) is 15.5 Å². The van der Waals surface area contributed by atoms with Crippen molar-refractivity contribution in [2.45, 2.75) is 317 Å². The van der Waals surface area contributed by atoms with E-state index < -0.39 is 155 Å². The molecule has 0 bridgehead atoms. The number of nitrogens with one attached hydrogen (secondary N) is 2. The first-order chi connectivity index (χ1) is 43.4. The van der Waals surface area contributed by atoms with Gasteiger partial charge < -0.3 is 95.2 Å². The third kappa shape index (κ3) is 26.6. The molecule has 9 unspecified atom stereocenters. The van der Waals surface area contributed by atoms with E-state index in [1.165, 1.54) is 51.4 Å². The number of hydrogen-bond donors (Lipinski definition) is 13. The van der Waals surface area contributed by atoms with Crippen LogP contribution in [-0.2, 0) is 42.8 Å². The van der Waals surface area contributed by atoms with Crippen LogP contribution in [0.2, 0.25) is 0 Å². The fourth-order valence-electron chi connectivity index (χ4n) is 12.3. The van der Waals surface area contributed by atoms with Crippen molar-refractivity contribution in [3.05, 3.63) is 42.0 Å². The molecule has 13 N–H and O–H groups in total. The van der Waals surface area contributed by atoms with E-state index in [0.29, 0.717) is 19.5 Å². The summed E-state index contributed by atoms with van der Waals surface area (Å²) in [6.07, 6.45) is 3.45. The molecule has 19 atom stereocenters. The van der Waals surface area contributed by atoms with E-state index in [1.807, 2.05) is 42.5 Å². The normalized spacial score (nSPS) is 29.0. The van der Waals surface area contributed by atoms with E-state index >= 15 is 0 Å². The van der Waals surface area contributed by atoms with E-state index in [9.17, 15) is 70.6 Å². The lowest BCUT2D eigenvalue weighted by atomic mass is 9.88. The van der Waals surface area contributed by atoms with Crippen LogP contribution in [-0.4, -0.2) is 235 Å². The van der Waals surface area contributed by atoms with Gasteiger partial charge in [0.2, 0.25) is 17.6 Å². The van der Waals surface area contributed by atoms with Gasteiger partial charge in [0, 0.05) is 19.8 Å². The summed E-state index contributed by atoms with van der Waals surface area (Å²) in [5.41, 5.74) is 0.913. The van der Waals surface area contributed by atoms with Gasteiger partial charge in [-0.1, -0.05) is 205 Å². The Kier molecular flexibility index (Phi) is 39.2. The minimum atomic E-state index is -2.65. The molecule has 3 saturated heterocycles. The van der Waals surface area contributed by atoms with E-state index in [4.69, 9.17) is 28.4 Å². The number of aldehydes is 1. The Morgan fingerprint density at radius 1 is 0.667 bits per heavy atom. The minimum Gasteiger partial charge on any atom is -0.394 e. The van der Waals surface area contributed by atoms with Gasteiger partial charge in [-0.25, -0.2) is 0 Å². The highest BCUT2D eigenvalue weighted by Crippen LogP contribution is 2.38. The van der Waals surface area contributed by atoms with Crippen LogP contribution in [0.3, 0.4) is 0 Å². The molecule has 23 heteroatoms. The Bertz CT molecular complexity index is 2070. The molecule has 0 saturated carbocycles. The Morgan fingerprint density at radius 3 is 1.70 bits per heavy atom. The monoisotopic (exact) mass is 1280 g/mol. The molecule has 3 heterocycles. The Balaban J connectivity index is 1.59. The standard InChI is InChI=1S/C67H117N3O20/c1-5-8-11-14-17-18-19-20-21-22-23-24-30-35-54(78)69-48(56(79)49(37-36-47-33-28-27-29-34-47)70(38-31-25-15-12-9-6-2)39-32-26-16-13-10-7-3)44-85-65-60(83)59(82)62(53(43-73)87-65)88-66-61(84)64(58(81)52(42-72)86-66)90-67(45-74)40-50(76)55(68-46(4)75)63(89-67)57(80)51(77)41-71/h27-29,33-34,36-37,45,48-53,55-66,71-73,76-77,79-84H,5-26,30-32,35,38-44H2,1-4H3,(H,68,75)(H,69,78)/b37-36+/t48-,49?,50?,51+,52?,53?,55+,56-,57+,58-,59?,60?,61?,62+,63?,64?,65+,66-,67-/m0/s1. The maximum Gasteiger partial charge on any atom is 0.229 e. The first-order valence-corrected chi connectivity index (χ1v) is 34.1. The van der Waals surface area contributed by atoms with Crippen molar-refractivity contribution in [1.29, 1.82) is 0 Å². The van der Waals surface area contributed by atoms with Crippen molar-refractivity contribution >= 4 is 24.2 Å². The third-order valence-electron chi connectivity index (χ3n) is 17.7. The number of carbonyl (C=O) groups is 3. The molecule has 1 aromatic rings. The van der Waals surface area contributed by atoms with Crippen molar-refractivity contribution in [3.63, 3.8) is 0 Å². The molecule has 0 radical (unpaired) electrons. The van der Waals surface area contributed by atoms with Crippen LogP contribution in [0.4, 0.5) is 0 Å². The number of aliphatic hydroxyl groups is 11. The number of nitrogens with zero attached hydrogens (tertiary/aromatic N) is 1. The van der Waals surface area contributed by atoms with Gasteiger partial charge in [-0.15, -0.1) is 0 Å². The average Bonchev–Trinajstić information content (AvgIpc) is 0.786. The lowest BCUT2D eigenvalue weighted by molar-refractivity contribution is -0.382. The zero-order valence-corrected chi connectivity index (χ0v) is 54.4. The van der Waals surface area contributed by atoms with Crippen LogP contribution >= 0.6 is 0 Å². The molecule has 520 valence electrons. The Labute approximate surface area is 535 Å². The highest BCUT2D eigenvalue weighted by molar-refractivity contribution is 5.76. The summed E-state index contributed by atoms with van der Waals surface area (Å²) < 4.78 is 35.9. The lowest BCUT2D eigenvalue weighted by Gasteiger charge is -2.50. The van der Waals surface area contributed by atoms with Crippen molar-refractivity contribution in [2.24, 2.45) is 0 Å². The summed E-state index contributed by atoms with van der Waals surface area (Å²) in [7, 11) is 0.